The number of aromatic nitrogens is 3. The van der Waals surface area contributed by atoms with Crippen molar-refractivity contribution < 1.29 is 9.21 Å². The molecule has 0 saturated carbocycles. The smallest absolute Gasteiger partial charge is 0.291 e. The summed E-state index contributed by atoms with van der Waals surface area (Å²) in [4.78, 5) is 16.3. The van der Waals surface area contributed by atoms with Crippen molar-refractivity contribution in [1.82, 2.24) is 25.4 Å². The number of aliphatic imine (C=N–C) groups is 1. The number of aryl methyl sites for hydroxylation is 1. The second-order valence-corrected chi connectivity index (χ2v) is 6.28. The van der Waals surface area contributed by atoms with Crippen LogP contribution in [0.15, 0.2) is 58.4 Å². The van der Waals surface area contributed by atoms with E-state index in [4.69, 9.17) is 4.42 Å². The first-order valence-electron chi connectivity index (χ1n) is 9.44. The fourth-order valence-electron chi connectivity index (χ4n) is 2.80. The Hall–Kier alpha value is -3.62. The fraction of sp³-hybridized carbons (Fsp3) is 0.300. The van der Waals surface area contributed by atoms with Gasteiger partial charge in [0.25, 0.3) is 5.91 Å². The molecule has 3 aromatic rings. The molecule has 1 aromatic carbocycles. The summed E-state index contributed by atoms with van der Waals surface area (Å²) in [5.41, 5.74) is 1.71. The zero-order valence-electron chi connectivity index (χ0n) is 16.6. The Morgan fingerprint density at radius 3 is 2.90 bits per heavy atom. The van der Waals surface area contributed by atoms with Crippen LogP contribution in [-0.2, 0) is 19.5 Å². The second kappa shape index (κ2) is 10.1. The highest BCUT2D eigenvalue weighted by molar-refractivity contribution is 6.02. The van der Waals surface area contributed by atoms with Crippen LogP contribution in [0.25, 0.3) is 0 Å². The molecule has 0 saturated heterocycles. The number of carbonyl (C=O) groups excluding carboxylic acids is 1. The van der Waals surface area contributed by atoms with Gasteiger partial charge in [-0.1, -0.05) is 19.1 Å². The molecule has 0 unspecified atom stereocenters. The molecular formula is C20H25N7O2. The summed E-state index contributed by atoms with van der Waals surface area (Å²) in [6.07, 6.45) is 4.05. The summed E-state index contributed by atoms with van der Waals surface area (Å²) < 4.78 is 7.13. The van der Waals surface area contributed by atoms with Gasteiger partial charge in [0.1, 0.15) is 12.2 Å². The number of anilines is 1. The Morgan fingerprint density at radius 2 is 2.14 bits per heavy atom. The molecule has 29 heavy (non-hydrogen) atoms. The third-order valence-corrected chi connectivity index (χ3v) is 4.27. The van der Waals surface area contributed by atoms with Crippen molar-refractivity contribution in [3.05, 3.63) is 66.1 Å². The van der Waals surface area contributed by atoms with Crippen LogP contribution in [0.4, 0.5) is 5.69 Å². The highest BCUT2D eigenvalue weighted by atomic mass is 16.3. The molecule has 0 spiro atoms. The van der Waals surface area contributed by atoms with Gasteiger partial charge in [-0.15, -0.1) is 10.2 Å². The summed E-state index contributed by atoms with van der Waals surface area (Å²) in [5, 5.41) is 17.4. The largest absolute Gasteiger partial charge is 0.459 e. The van der Waals surface area contributed by atoms with E-state index in [1.807, 2.05) is 28.8 Å². The van der Waals surface area contributed by atoms with Gasteiger partial charge in [0, 0.05) is 38.8 Å². The molecule has 0 atom stereocenters. The Labute approximate surface area is 169 Å². The zero-order chi connectivity index (χ0) is 20.5. The van der Waals surface area contributed by atoms with Gasteiger partial charge >= 0.3 is 0 Å². The van der Waals surface area contributed by atoms with E-state index in [0.29, 0.717) is 24.7 Å². The van der Waals surface area contributed by atoms with Gasteiger partial charge in [-0.25, -0.2) is 0 Å². The molecular weight excluding hydrogens is 370 g/mol. The summed E-state index contributed by atoms with van der Waals surface area (Å²) in [5.74, 6) is 1.65. The van der Waals surface area contributed by atoms with E-state index in [1.54, 1.807) is 25.5 Å². The molecule has 3 rings (SSSR count). The predicted octanol–water partition coefficient (Wildman–Crippen LogP) is 2.05. The molecule has 9 heteroatoms. The van der Waals surface area contributed by atoms with Crippen LogP contribution in [0.2, 0.25) is 0 Å². The molecule has 2 heterocycles. The lowest BCUT2D eigenvalue weighted by atomic mass is 10.2. The van der Waals surface area contributed by atoms with Crippen LogP contribution < -0.4 is 16.0 Å². The molecule has 0 aliphatic heterocycles. The summed E-state index contributed by atoms with van der Waals surface area (Å²) in [6.45, 7) is 4.08. The van der Waals surface area contributed by atoms with E-state index in [0.717, 1.165) is 24.4 Å². The number of nitrogens with one attached hydrogen (secondary N) is 3. The van der Waals surface area contributed by atoms with Crippen molar-refractivity contribution in [3.8, 4) is 0 Å². The van der Waals surface area contributed by atoms with Crippen molar-refractivity contribution in [1.29, 1.82) is 0 Å². The molecule has 0 aliphatic carbocycles. The summed E-state index contributed by atoms with van der Waals surface area (Å²) in [6, 6.07) is 10.9. The second-order valence-electron chi connectivity index (χ2n) is 6.28. The standard InChI is InChI=1S/C20H25N7O2/c1-3-18-26-24-14-27(18)10-9-22-20(21-2)23-13-15-6-4-7-16(12-15)25-19(28)17-8-5-11-29-17/h4-8,11-12,14H,3,9-10,13H2,1-2H3,(H,25,28)(H2,21,22,23). The lowest BCUT2D eigenvalue weighted by molar-refractivity contribution is 0.0996. The number of furan rings is 1. The van der Waals surface area contributed by atoms with E-state index >= 15 is 0 Å². The lowest BCUT2D eigenvalue weighted by Crippen LogP contribution is -2.38. The van der Waals surface area contributed by atoms with Gasteiger partial charge < -0.3 is 24.9 Å². The van der Waals surface area contributed by atoms with Gasteiger partial charge in [0.2, 0.25) is 0 Å². The number of hydrogen-bond acceptors (Lipinski definition) is 5. The normalized spacial score (nSPS) is 11.3. The van der Waals surface area contributed by atoms with Crippen molar-refractivity contribution in [2.75, 3.05) is 18.9 Å². The van der Waals surface area contributed by atoms with Gasteiger partial charge in [0.05, 0.1) is 6.26 Å². The number of hydrogen-bond donors (Lipinski definition) is 3. The highest BCUT2D eigenvalue weighted by Gasteiger charge is 2.09. The summed E-state index contributed by atoms with van der Waals surface area (Å²) >= 11 is 0. The zero-order valence-corrected chi connectivity index (χ0v) is 16.6. The summed E-state index contributed by atoms with van der Waals surface area (Å²) in [7, 11) is 1.73. The first-order chi connectivity index (χ1) is 14.2. The Bertz CT molecular complexity index is 947. The number of benzene rings is 1. The maximum Gasteiger partial charge on any atom is 0.291 e. The Morgan fingerprint density at radius 1 is 1.24 bits per heavy atom. The minimum atomic E-state index is -0.280. The molecule has 0 fully saturated rings. The number of guanidine groups is 1. The number of rotatable bonds is 8. The fourth-order valence-corrected chi connectivity index (χ4v) is 2.80. The average molecular weight is 395 g/mol. The monoisotopic (exact) mass is 395 g/mol. The maximum atomic E-state index is 12.1. The van der Waals surface area contributed by atoms with Crippen molar-refractivity contribution in [2.45, 2.75) is 26.4 Å². The Kier molecular flexibility index (Phi) is 6.99. The molecule has 9 nitrogen and oxygen atoms in total. The topological polar surface area (TPSA) is 109 Å². The molecule has 1 amide bonds. The van der Waals surface area contributed by atoms with Crippen LogP contribution in [0.5, 0.6) is 0 Å². The minimum absolute atomic E-state index is 0.275. The van der Waals surface area contributed by atoms with E-state index in [-0.39, 0.29) is 11.7 Å². The number of amides is 1. The van der Waals surface area contributed by atoms with Crippen molar-refractivity contribution in [2.24, 2.45) is 4.99 Å². The van der Waals surface area contributed by atoms with Crippen LogP contribution in [0.3, 0.4) is 0 Å². The van der Waals surface area contributed by atoms with Gasteiger partial charge in [-0.2, -0.15) is 0 Å². The first-order valence-corrected chi connectivity index (χ1v) is 9.44. The third kappa shape index (κ3) is 5.68. The molecule has 2 aromatic heterocycles. The van der Waals surface area contributed by atoms with Crippen molar-refractivity contribution in [3.63, 3.8) is 0 Å². The predicted molar refractivity (Wildman–Crippen MR) is 111 cm³/mol. The van der Waals surface area contributed by atoms with Crippen LogP contribution in [0, 0.1) is 0 Å². The number of nitrogens with zero attached hydrogens (tertiary/aromatic N) is 4. The quantitative estimate of drug-likeness (QED) is 0.398. The maximum absolute atomic E-state index is 12.1. The van der Waals surface area contributed by atoms with Gasteiger partial charge in [-0.05, 0) is 29.8 Å². The van der Waals surface area contributed by atoms with E-state index in [9.17, 15) is 4.79 Å². The lowest BCUT2D eigenvalue weighted by Gasteiger charge is -2.13. The van der Waals surface area contributed by atoms with E-state index in [2.05, 4.69) is 38.1 Å². The average Bonchev–Trinajstić information content (AvgIpc) is 3.42. The van der Waals surface area contributed by atoms with E-state index < -0.39 is 0 Å². The first kappa shape index (κ1) is 20.1. The molecule has 0 bridgehead atoms. The minimum Gasteiger partial charge on any atom is -0.459 e. The highest BCUT2D eigenvalue weighted by Crippen LogP contribution is 2.12. The van der Waals surface area contributed by atoms with Crippen LogP contribution in [-0.4, -0.2) is 40.2 Å². The SMILES string of the molecule is CCc1nncn1CCNC(=NC)NCc1cccc(NC(=O)c2ccco2)c1. The number of carbonyl (C=O) groups is 1. The molecule has 0 aliphatic rings. The van der Waals surface area contributed by atoms with E-state index in [1.165, 1.54) is 6.26 Å². The van der Waals surface area contributed by atoms with Crippen LogP contribution in [0.1, 0.15) is 28.9 Å². The van der Waals surface area contributed by atoms with Crippen LogP contribution >= 0.6 is 0 Å². The van der Waals surface area contributed by atoms with Crippen molar-refractivity contribution >= 4 is 17.6 Å². The Balaban J connectivity index is 1.48. The third-order valence-electron chi connectivity index (χ3n) is 4.27. The van der Waals surface area contributed by atoms with Gasteiger partial charge in [-0.3, -0.25) is 9.79 Å². The molecule has 152 valence electrons. The van der Waals surface area contributed by atoms with Gasteiger partial charge in [0.15, 0.2) is 11.7 Å². The molecule has 3 N–H and O–H groups in total. The molecule has 0 radical (unpaired) electrons.